The number of halogens is 2. The molecule has 0 N–H and O–H groups in total. The van der Waals surface area contributed by atoms with Crippen LogP contribution in [0.1, 0.15) is 33.3 Å². The topological polar surface area (TPSA) is 79.7 Å². The zero-order valence-electron chi connectivity index (χ0n) is 18.4. The van der Waals surface area contributed by atoms with Crippen molar-refractivity contribution in [3.05, 3.63) is 55.7 Å². The molecule has 5 rings (SSSR count). The highest BCUT2D eigenvalue weighted by molar-refractivity contribution is 14.1. The number of methoxy groups -OCH3 is 2. The molecule has 2 atom stereocenters. The standard InChI is InChI=1S/C24H20ClIN2O5/c1-11-9-14-17(20(28(2)27-14)12-7-5-6-8-13(12)26)22(29)24(11)23(30)18-15(31-3)10-16(32-4)19(25)21(18)33-24/h5-8,10-11H,9H2,1-4H3/t11-,24+/m1/s1. The van der Waals surface area contributed by atoms with E-state index in [1.54, 1.807) is 11.7 Å². The second-order valence-electron chi connectivity index (χ2n) is 8.17. The minimum absolute atomic E-state index is 0.112. The van der Waals surface area contributed by atoms with Crippen LogP contribution >= 0.6 is 34.2 Å². The predicted octanol–water partition coefficient (Wildman–Crippen LogP) is 4.75. The van der Waals surface area contributed by atoms with Gasteiger partial charge in [-0.1, -0.05) is 36.7 Å². The Balaban J connectivity index is 1.73. The normalized spacial score (nSPS) is 21.1. The Hall–Kier alpha value is -2.59. The van der Waals surface area contributed by atoms with Gasteiger partial charge in [-0.2, -0.15) is 5.10 Å². The molecule has 1 aliphatic carbocycles. The van der Waals surface area contributed by atoms with E-state index < -0.39 is 23.1 Å². The number of hydrogen-bond acceptors (Lipinski definition) is 6. The van der Waals surface area contributed by atoms with Gasteiger partial charge in [-0.3, -0.25) is 14.3 Å². The van der Waals surface area contributed by atoms with Gasteiger partial charge in [0.05, 0.1) is 31.2 Å². The number of hydrogen-bond donors (Lipinski definition) is 0. The lowest BCUT2D eigenvalue weighted by atomic mass is 9.71. The van der Waals surface area contributed by atoms with E-state index in [0.717, 1.165) is 9.13 Å². The number of ether oxygens (including phenoxy) is 3. The van der Waals surface area contributed by atoms with Crippen molar-refractivity contribution in [1.82, 2.24) is 9.78 Å². The summed E-state index contributed by atoms with van der Waals surface area (Å²) in [6, 6.07) is 9.28. The fraction of sp³-hybridized carbons (Fsp3) is 0.292. The molecule has 1 aliphatic heterocycles. The summed E-state index contributed by atoms with van der Waals surface area (Å²) in [6.45, 7) is 1.82. The van der Waals surface area contributed by atoms with E-state index >= 15 is 0 Å². The first kappa shape index (κ1) is 22.2. The summed E-state index contributed by atoms with van der Waals surface area (Å²) in [5, 5.41) is 4.76. The SMILES string of the molecule is COc1cc(OC)c2c(c1Cl)O[C@]1(C2=O)C(=O)c2c(nn(C)c2-c2ccccc2I)C[C@H]1C. The second-order valence-corrected chi connectivity index (χ2v) is 9.71. The Morgan fingerprint density at radius 2 is 1.82 bits per heavy atom. The Morgan fingerprint density at radius 3 is 2.48 bits per heavy atom. The van der Waals surface area contributed by atoms with Crippen LogP contribution in [-0.2, 0) is 13.5 Å². The molecule has 9 heteroatoms. The first-order valence-corrected chi connectivity index (χ1v) is 11.8. The summed E-state index contributed by atoms with van der Waals surface area (Å²) in [5.41, 5.74) is 0.992. The molecule has 2 heterocycles. The van der Waals surface area contributed by atoms with E-state index in [0.29, 0.717) is 29.1 Å². The number of rotatable bonds is 3. The molecule has 1 aromatic heterocycles. The van der Waals surface area contributed by atoms with E-state index in [4.69, 9.17) is 25.8 Å². The molecule has 2 aromatic carbocycles. The molecule has 0 radical (unpaired) electrons. The van der Waals surface area contributed by atoms with Crippen LogP contribution in [0.4, 0.5) is 0 Å². The smallest absolute Gasteiger partial charge is 0.237 e. The summed E-state index contributed by atoms with van der Waals surface area (Å²) < 4.78 is 19.7. The number of fused-ring (bicyclic) bond motifs is 2. The molecule has 0 unspecified atom stereocenters. The maximum atomic E-state index is 14.2. The van der Waals surface area contributed by atoms with Gasteiger partial charge in [0.2, 0.25) is 17.2 Å². The van der Waals surface area contributed by atoms with Crippen LogP contribution in [0.2, 0.25) is 5.02 Å². The zero-order chi connectivity index (χ0) is 23.7. The summed E-state index contributed by atoms with van der Waals surface area (Å²) in [7, 11) is 4.71. The van der Waals surface area contributed by atoms with Crippen molar-refractivity contribution in [3.8, 4) is 28.5 Å². The van der Waals surface area contributed by atoms with Crippen LogP contribution in [-0.4, -0.2) is 41.2 Å². The lowest BCUT2D eigenvalue weighted by molar-refractivity contribution is 0.0259. The highest BCUT2D eigenvalue weighted by Gasteiger charge is 2.62. The van der Waals surface area contributed by atoms with Crippen molar-refractivity contribution in [2.75, 3.05) is 14.2 Å². The predicted molar refractivity (Wildman–Crippen MR) is 131 cm³/mol. The molecular weight excluding hydrogens is 559 g/mol. The van der Waals surface area contributed by atoms with Crippen LogP contribution in [0.15, 0.2) is 30.3 Å². The molecular formula is C24H20ClIN2O5. The van der Waals surface area contributed by atoms with Crippen molar-refractivity contribution < 1.29 is 23.8 Å². The third-order valence-electron chi connectivity index (χ3n) is 6.43. The molecule has 0 saturated heterocycles. The van der Waals surface area contributed by atoms with E-state index in [1.807, 2.05) is 31.2 Å². The van der Waals surface area contributed by atoms with Gasteiger partial charge in [-0.25, -0.2) is 0 Å². The van der Waals surface area contributed by atoms with Crippen molar-refractivity contribution in [3.63, 3.8) is 0 Å². The second kappa shape index (κ2) is 7.73. The quantitative estimate of drug-likeness (QED) is 0.330. The fourth-order valence-corrected chi connectivity index (χ4v) is 5.75. The lowest BCUT2D eigenvalue weighted by Gasteiger charge is -2.35. The van der Waals surface area contributed by atoms with Gasteiger partial charge < -0.3 is 14.2 Å². The van der Waals surface area contributed by atoms with Crippen LogP contribution < -0.4 is 14.2 Å². The maximum Gasteiger partial charge on any atom is 0.237 e. The minimum Gasteiger partial charge on any atom is -0.496 e. The molecule has 0 amide bonds. The number of benzene rings is 2. The Labute approximate surface area is 209 Å². The average molecular weight is 579 g/mol. The van der Waals surface area contributed by atoms with Gasteiger partial charge in [-0.15, -0.1) is 0 Å². The molecule has 0 fully saturated rings. The number of carbonyl (C=O) groups excluding carboxylic acids is 2. The van der Waals surface area contributed by atoms with Crippen LogP contribution in [0.3, 0.4) is 0 Å². The average Bonchev–Trinajstić information content (AvgIpc) is 3.29. The molecule has 7 nitrogen and oxygen atoms in total. The van der Waals surface area contributed by atoms with Crippen molar-refractivity contribution in [2.45, 2.75) is 18.9 Å². The molecule has 0 bridgehead atoms. The van der Waals surface area contributed by atoms with E-state index in [-0.39, 0.29) is 22.1 Å². The van der Waals surface area contributed by atoms with Crippen LogP contribution in [0, 0.1) is 9.49 Å². The monoisotopic (exact) mass is 578 g/mol. The molecule has 0 saturated carbocycles. The van der Waals surface area contributed by atoms with Crippen LogP contribution in [0.25, 0.3) is 11.3 Å². The van der Waals surface area contributed by atoms with Gasteiger partial charge in [0.15, 0.2) is 5.75 Å². The van der Waals surface area contributed by atoms with Crippen LogP contribution in [0.5, 0.6) is 17.2 Å². The zero-order valence-corrected chi connectivity index (χ0v) is 21.3. The first-order valence-electron chi connectivity index (χ1n) is 10.3. The largest absolute Gasteiger partial charge is 0.496 e. The first-order chi connectivity index (χ1) is 15.8. The van der Waals surface area contributed by atoms with Gasteiger partial charge >= 0.3 is 0 Å². The number of carbonyl (C=O) groups is 2. The van der Waals surface area contributed by atoms with E-state index in [2.05, 4.69) is 27.7 Å². The third-order valence-corrected chi connectivity index (χ3v) is 7.72. The van der Waals surface area contributed by atoms with E-state index in [1.165, 1.54) is 20.3 Å². The minimum atomic E-state index is -1.75. The molecule has 1 spiro atoms. The Kier molecular flexibility index (Phi) is 5.20. The third kappa shape index (κ3) is 2.89. The molecule has 3 aromatic rings. The summed E-state index contributed by atoms with van der Waals surface area (Å²) in [4.78, 5) is 28.1. The number of aromatic nitrogens is 2. The highest BCUT2D eigenvalue weighted by atomic mass is 127. The van der Waals surface area contributed by atoms with Crippen molar-refractivity contribution in [1.29, 1.82) is 0 Å². The summed E-state index contributed by atoms with van der Waals surface area (Å²) in [5.74, 6) is -0.683. The Morgan fingerprint density at radius 1 is 1.15 bits per heavy atom. The van der Waals surface area contributed by atoms with Gasteiger partial charge in [0.25, 0.3) is 0 Å². The fourth-order valence-electron chi connectivity index (χ4n) is 4.84. The molecule has 170 valence electrons. The van der Waals surface area contributed by atoms with Gasteiger partial charge in [0.1, 0.15) is 22.1 Å². The summed E-state index contributed by atoms with van der Waals surface area (Å²) >= 11 is 8.74. The number of aryl methyl sites for hydroxylation is 1. The number of nitrogens with zero attached hydrogens (tertiary/aromatic N) is 2. The number of ketones is 2. The van der Waals surface area contributed by atoms with Gasteiger partial charge in [-0.05, 0) is 35.1 Å². The van der Waals surface area contributed by atoms with Crippen molar-refractivity contribution in [2.24, 2.45) is 13.0 Å². The van der Waals surface area contributed by atoms with Crippen molar-refractivity contribution >= 4 is 45.8 Å². The Bertz CT molecular complexity index is 1350. The molecule has 2 aliphatic rings. The summed E-state index contributed by atoms with van der Waals surface area (Å²) in [6.07, 6.45) is 0.398. The maximum absolute atomic E-state index is 14.2. The van der Waals surface area contributed by atoms with E-state index in [9.17, 15) is 9.59 Å². The molecule has 33 heavy (non-hydrogen) atoms. The van der Waals surface area contributed by atoms with Gasteiger partial charge in [0, 0.05) is 28.2 Å². The number of Topliss-reactive ketones (excluding diaryl/α,β-unsaturated/α-hetero) is 2. The highest BCUT2D eigenvalue weighted by Crippen LogP contribution is 2.54. The lowest BCUT2D eigenvalue weighted by Crippen LogP contribution is -2.56.